The van der Waals surface area contributed by atoms with Gasteiger partial charge in [-0.2, -0.15) is 10.2 Å². The molecular formula is C21H28N6O4. The van der Waals surface area contributed by atoms with Crippen LogP contribution >= 0.6 is 0 Å². The SMILES string of the molecule is CCOCn1cc(NC(=O)CC23CC4CC(C2)CC(n2cc([N+](=O)[O-])cn2)(C4)C3)cn1. The lowest BCUT2D eigenvalue weighted by molar-refractivity contribution is -0.385. The van der Waals surface area contributed by atoms with Gasteiger partial charge in [0.2, 0.25) is 5.91 Å². The number of ether oxygens (including phenoxy) is 1. The summed E-state index contributed by atoms with van der Waals surface area (Å²) < 4.78 is 8.83. The molecule has 1 amide bonds. The fraction of sp³-hybridized carbons (Fsp3) is 0.667. The van der Waals surface area contributed by atoms with Crippen molar-refractivity contribution in [3.8, 4) is 0 Å². The van der Waals surface area contributed by atoms with Gasteiger partial charge >= 0.3 is 5.69 Å². The van der Waals surface area contributed by atoms with Gasteiger partial charge in [0, 0.05) is 13.0 Å². The number of nitrogens with one attached hydrogen (secondary N) is 1. The third-order valence-electron chi connectivity index (χ3n) is 7.30. The Kier molecular flexibility index (Phi) is 4.84. The van der Waals surface area contributed by atoms with Gasteiger partial charge < -0.3 is 10.1 Å². The van der Waals surface area contributed by atoms with Crippen molar-refractivity contribution in [3.63, 3.8) is 0 Å². The monoisotopic (exact) mass is 428 g/mol. The number of rotatable bonds is 8. The predicted octanol–water partition coefficient (Wildman–Crippen LogP) is 3.31. The molecule has 0 saturated heterocycles. The predicted molar refractivity (Wildman–Crippen MR) is 111 cm³/mol. The van der Waals surface area contributed by atoms with Crippen molar-refractivity contribution in [2.75, 3.05) is 11.9 Å². The number of hydrogen-bond donors (Lipinski definition) is 1. The van der Waals surface area contributed by atoms with Gasteiger partial charge in [0.25, 0.3) is 0 Å². The fourth-order valence-electron chi connectivity index (χ4n) is 6.77. The molecule has 2 unspecified atom stereocenters. The summed E-state index contributed by atoms with van der Waals surface area (Å²) in [5.74, 6) is 1.09. The molecule has 0 spiro atoms. The maximum absolute atomic E-state index is 13.0. The minimum absolute atomic E-state index is 0.000458. The van der Waals surface area contributed by atoms with Gasteiger partial charge in [0.15, 0.2) is 0 Å². The van der Waals surface area contributed by atoms with Crippen LogP contribution in [-0.2, 0) is 21.8 Å². The molecule has 0 aromatic carbocycles. The smallest absolute Gasteiger partial charge is 0.307 e. The maximum Gasteiger partial charge on any atom is 0.307 e. The summed E-state index contributed by atoms with van der Waals surface area (Å²) in [6, 6.07) is 0. The molecule has 10 heteroatoms. The van der Waals surface area contributed by atoms with E-state index in [0.717, 1.165) is 32.1 Å². The van der Waals surface area contributed by atoms with E-state index in [2.05, 4.69) is 15.5 Å². The molecule has 4 aliphatic rings. The Morgan fingerprint density at radius 2 is 2.03 bits per heavy atom. The van der Waals surface area contributed by atoms with Gasteiger partial charge in [0.05, 0.1) is 28.5 Å². The number of amides is 1. The molecule has 0 aliphatic heterocycles. The second kappa shape index (κ2) is 7.44. The molecule has 166 valence electrons. The molecule has 1 N–H and O–H groups in total. The van der Waals surface area contributed by atoms with E-state index in [0.29, 0.717) is 37.3 Å². The van der Waals surface area contributed by atoms with Crippen LogP contribution in [0, 0.1) is 27.4 Å². The zero-order valence-electron chi connectivity index (χ0n) is 17.7. The van der Waals surface area contributed by atoms with Gasteiger partial charge in [-0.1, -0.05) is 0 Å². The topological polar surface area (TPSA) is 117 Å². The molecular weight excluding hydrogens is 400 g/mol. The molecule has 2 aromatic heterocycles. The van der Waals surface area contributed by atoms with E-state index in [1.807, 2.05) is 11.6 Å². The second-order valence-electron chi connectivity index (χ2n) is 9.70. The van der Waals surface area contributed by atoms with E-state index in [-0.39, 0.29) is 27.5 Å². The Bertz CT molecular complexity index is 984. The van der Waals surface area contributed by atoms with Crippen LogP contribution in [0.4, 0.5) is 11.4 Å². The lowest BCUT2D eigenvalue weighted by Crippen LogP contribution is -2.57. The molecule has 4 aliphatic carbocycles. The molecule has 2 aromatic rings. The largest absolute Gasteiger partial charge is 0.360 e. The van der Waals surface area contributed by atoms with Crippen LogP contribution in [0.5, 0.6) is 0 Å². The van der Waals surface area contributed by atoms with Crippen molar-refractivity contribution in [1.82, 2.24) is 19.6 Å². The standard InChI is InChI=1S/C21H28N6O4/c1-2-31-14-25-11-17(9-22-25)24-19(28)8-20-4-15-3-16(5-20)7-21(6-15,13-20)26-12-18(10-23-26)27(29)30/h9-12,15-16H,2-8,13-14H2,1H3,(H,24,28). The Balaban J connectivity index is 1.31. The van der Waals surface area contributed by atoms with Crippen molar-refractivity contribution in [1.29, 1.82) is 0 Å². The summed E-state index contributed by atoms with van der Waals surface area (Å²) in [6.45, 7) is 2.89. The van der Waals surface area contributed by atoms with Crippen LogP contribution < -0.4 is 5.32 Å². The molecule has 2 atom stereocenters. The Hall–Kier alpha value is -2.75. The van der Waals surface area contributed by atoms with Crippen molar-refractivity contribution in [2.24, 2.45) is 17.3 Å². The average molecular weight is 428 g/mol. The molecule has 4 bridgehead atoms. The van der Waals surface area contributed by atoms with Crippen LogP contribution in [-0.4, -0.2) is 37.0 Å². The summed E-state index contributed by atoms with van der Waals surface area (Å²) in [5.41, 5.74) is 0.426. The molecule has 0 radical (unpaired) electrons. The van der Waals surface area contributed by atoms with Gasteiger partial charge in [-0.15, -0.1) is 0 Å². The zero-order chi connectivity index (χ0) is 21.6. The number of hydrogen-bond acceptors (Lipinski definition) is 6. The third kappa shape index (κ3) is 3.73. The minimum atomic E-state index is -0.390. The van der Waals surface area contributed by atoms with Crippen LogP contribution in [0.1, 0.15) is 51.9 Å². The molecule has 6 rings (SSSR count). The van der Waals surface area contributed by atoms with Crippen molar-refractivity contribution in [3.05, 3.63) is 34.9 Å². The molecule has 2 heterocycles. The quantitative estimate of drug-likeness (QED) is 0.509. The summed E-state index contributed by atoms with van der Waals surface area (Å²) >= 11 is 0. The highest BCUT2D eigenvalue weighted by Crippen LogP contribution is 2.65. The van der Waals surface area contributed by atoms with E-state index >= 15 is 0 Å². The Morgan fingerprint density at radius 3 is 2.71 bits per heavy atom. The highest BCUT2D eigenvalue weighted by atomic mass is 16.6. The maximum atomic E-state index is 13.0. The minimum Gasteiger partial charge on any atom is -0.360 e. The van der Waals surface area contributed by atoms with Crippen molar-refractivity contribution in [2.45, 2.75) is 64.1 Å². The second-order valence-corrected chi connectivity index (χ2v) is 9.70. The zero-order valence-corrected chi connectivity index (χ0v) is 17.7. The summed E-state index contributed by atoms with van der Waals surface area (Å²) in [5, 5.41) is 22.8. The molecule has 31 heavy (non-hydrogen) atoms. The number of nitrogens with zero attached hydrogens (tertiary/aromatic N) is 5. The van der Waals surface area contributed by atoms with Crippen LogP contribution in [0.15, 0.2) is 24.8 Å². The third-order valence-corrected chi connectivity index (χ3v) is 7.30. The lowest BCUT2D eigenvalue weighted by atomic mass is 9.46. The first kappa shape index (κ1) is 20.2. The van der Waals surface area contributed by atoms with Crippen molar-refractivity contribution >= 4 is 17.3 Å². The van der Waals surface area contributed by atoms with E-state index in [9.17, 15) is 14.9 Å². The van der Waals surface area contributed by atoms with Crippen molar-refractivity contribution < 1.29 is 14.5 Å². The Morgan fingerprint density at radius 1 is 1.26 bits per heavy atom. The number of carbonyl (C=O) groups is 1. The molecule has 4 fully saturated rings. The Labute approximate surface area is 180 Å². The number of aromatic nitrogens is 4. The van der Waals surface area contributed by atoms with E-state index in [1.54, 1.807) is 23.3 Å². The first-order chi connectivity index (χ1) is 14.9. The molecule has 10 nitrogen and oxygen atoms in total. The van der Waals surface area contributed by atoms with Crippen LogP contribution in [0.25, 0.3) is 0 Å². The van der Waals surface area contributed by atoms with Crippen LogP contribution in [0.2, 0.25) is 0 Å². The summed E-state index contributed by atoms with van der Waals surface area (Å²) in [4.78, 5) is 23.7. The van der Waals surface area contributed by atoms with E-state index in [4.69, 9.17) is 4.74 Å². The average Bonchev–Trinajstić information content (AvgIpc) is 3.35. The number of nitro groups is 1. The summed E-state index contributed by atoms with van der Waals surface area (Å²) in [7, 11) is 0. The van der Waals surface area contributed by atoms with Gasteiger partial charge in [-0.25, -0.2) is 4.68 Å². The highest BCUT2D eigenvalue weighted by Gasteiger charge is 2.59. The van der Waals surface area contributed by atoms with E-state index in [1.165, 1.54) is 12.6 Å². The number of anilines is 1. The lowest BCUT2D eigenvalue weighted by Gasteiger charge is -2.61. The normalized spacial score (nSPS) is 31.1. The van der Waals surface area contributed by atoms with Gasteiger partial charge in [-0.05, 0) is 62.7 Å². The first-order valence-corrected chi connectivity index (χ1v) is 11.0. The van der Waals surface area contributed by atoms with Gasteiger partial charge in [-0.3, -0.25) is 19.6 Å². The highest BCUT2D eigenvalue weighted by molar-refractivity contribution is 5.90. The fourth-order valence-corrected chi connectivity index (χ4v) is 6.77. The van der Waals surface area contributed by atoms with E-state index < -0.39 is 0 Å². The molecule has 4 saturated carbocycles. The van der Waals surface area contributed by atoms with Crippen LogP contribution in [0.3, 0.4) is 0 Å². The van der Waals surface area contributed by atoms with Gasteiger partial charge in [0.1, 0.15) is 19.1 Å². The summed E-state index contributed by atoms with van der Waals surface area (Å²) in [6.07, 6.45) is 12.9. The first-order valence-electron chi connectivity index (χ1n) is 11.0. The number of carbonyl (C=O) groups excluding carboxylic acids is 1.